The second-order valence-corrected chi connectivity index (χ2v) is 7.82. The van der Waals surface area contributed by atoms with Gasteiger partial charge in [-0.05, 0) is 37.1 Å². The molecule has 1 saturated carbocycles. The minimum absolute atomic E-state index is 0.497. The van der Waals surface area contributed by atoms with Crippen LogP contribution in [0.25, 0.3) is 0 Å². The normalized spacial score (nSPS) is 19.7. The van der Waals surface area contributed by atoms with E-state index in [9.17, 15) is 0 Å². The monoisotopic (exact) mass is 384 g/mol. The molecule has 0 radical (unpaired) electrons. The lowest BCUT2D eigenvalue weighted by atomic mass is 10.2. The zero-order valence-electron chi connectivity index (χ0n) is 16.0. The van der Waals surface area contributed by atoms with E-state index in [1.165, 1.54) is 19.3 Å². The van der Waals surface area contributed by atoms with Crippen molar-refractivity contribution in [1.82, 2.24) is 15.6 Å². The van der Waals surface area contributed by atoms with E-state index < -0.39 is 0 Å². The molecule has 5 nitrogen and oxygen atoms in total. The zero-order chi connectivity index (χ0) is 18.9. The van der Waals surface area contributed by atoms with Crippen LogP contribution in [-0.2, 0) is 13.2 Å². The smallest absolute Gasteiger partial charge is 0.218 e. The molecule has 1 aliphatic rings. The highest BCUT2D eigenvalue weighted by Crippen LogP contribution is 2.28. The fraction of sp³-hybridized carbons (Fsp3) is 0.429. The molecule has 0 bridgehead atoms. The Labute approximate surface area is 166 Å². The Bertz CT molecular complexity index is 738. The fourth-order valence-electron chi connectivity index (χ4n) is 3.27. The van der Waals surface area contributed by atoms with Crippen LogP contribution in [0.3, 0.4) is 0 Å². The van der Waals surface area contributed by atoms with Crippen molar-refractivity contribution in [3.8, 4) is 5.88 Å². The number of nitrogens with zero attached hydrogens (tertiary/aromatic N) is 2. The van der Waals surface area contributed by atoms with Crippen molar-refractivity contribution in [2.24, 2.45) is 4.99 Å². The number of benzene rings is 1. The van der Waals surface area contributed by atoms with E-state index in [0.717, 1.165) is 22.3 Å². The fourth-order valence-corrected chi connectivity index (χ4v) is 4.06. The molecule has 3 rings (SSSR count). The molecule has 1 aliphatic carbocycles. The van der Waals surface area contributed by atoms with E-state index in [4.69, 9.17) is 4.74 Å². The number of thioether (sulfide) groups is 1. The van der Waals surface area contributed by atoms with Gasteiger partial charge in [0.05, 0.1) is 0 Å². The number of guanidine groups is 1. The quantitative estimate of drug-likeness (QED) is 0.564. The van der Waals surface area contributed by atoms with Gasteiger partial charge in [-0.25, -0.2) is 4.98 Å². The zero-order valence-corrected chi connectivity index (χ0v) is 16.8. The van der Waals surface area contributed by atoms with Crippen LogP contribution >= 0.6 is 11.8 Å². The lowest BCUT2D eigenvalue weighted by molar-refractivity contribution is 0.290. The maximum atomic E-state index is 5.94. The highest BCUT2D eigenvalue weighted by molar-refractivity contribution is 7.99. The first kappa shape index (κ1) is 19.5. The lowest BCUT2D eigenvalue weighted by Crippen LogP contribution is -2.42. The van der Waals surface area contributed by atoms with Crippen LogP contribution in [0.15, 0.2) is 53.7 Å². The summed E-state index contributed by atoms with van der Waals surface area (Å²) in [5, 5.41) is 7.70. The van der Waals surface area contributed by atoms with E-state index in [1.807, 2.05) is 49.1 Å². The van der Waals surface area contributed by atoms with Gasteiger partial charge in [0.1, 0.15) is 6.61 Å². The summed E-state index contributed by atoms with van der Waals surface area (Å²) in [5.41, 5.74) is 2.15. The second kappa shape index (κ2) is 10.2. The maximum Gasteiger partial charge on any atom is 0.218 e. The van der Waals surface area contributed by atoms with E-state index >= 15 is 0 Å². The molecule has 1 aromatic heterocycles. The molecule has 6 heteroatoms. The highest BCUT2D eigenvalue weighted by atomic mass is 32.2. The first-order chi connectivity index (χ1) is 13.3. The molecule has 0 saturated heterocycles. The van der Waals surface area contributed by atoms with Gasteiger partial charge in [0, 0.05) is 36.6 Å². The SMILES string of the molecule is CN=C(NCc1cccnc1OCc1ccccc1)NC1CCC(SC)C1. The molecule has 2 aromatic rings. The standard InChI is InChI=1S/C21H28N4OS/c1-22-21(25-18-10-11-19(13-18)27-2)24-14-17-9-6-12-23-20(17)26-15-16-7-4-3-5-8-16/h3-9,12,18-19H,10-11,13-15H2,1-2H3,(H2,22,24,25). The molecule has 2 N–H and O–H groups in total. The number of ether oxygens (including phenoxy) is 1. The summed E-state index contributed by atoms with van der Waals surface area (Å²) in [7, 11) is 1.81. The Morgan fingerprint density at radius 2 is 2.07 bits per heavy atom. The number of nitrogens with one attached hydrogen (secondary N) is 2. The van der Waals surface area contributed by atoms with Crippen LogP contribution in [-0.4, -0.2) is 35.5 Å². The topological polar surface area (TPSA) is 58.5 Å². The van der Waals surface area contributed by atoms with Gasteiger partial charge in [0.25, 0.3) is 0 Å². The van der Waals surface area contributed by atoms with Crippen LogP contribution in [0, 0.1) is 0 Å². The Hall–Kier alpha value is -2.21. The first-order valence-corrected chi connectivity index (χ1v) is 10.7. The van der Waals surface area contributed by atoms with Gasteiger partial charge < -0.3 is 15.4 Å². The van der Waals surface area contributed by atoms with E-state index in [-0.39, 0.29) is 0 Å². The first-order valence-electron chi connectivity index (χ1n) is 9.39. The van der Waals surface area contributed by atoms with Gasteiger partial charge in [0.2, 0.25) is 5.88 Å². The predicted molar refractivity (Wildman–Crippen MR) is 113 cm³/mol. The van der Waals surface area contributed by atoms with Crippen LogP contribution in [0.2, 0.25) is 0 Å². The van der Waals surface area contributed by atoms with Crippen molar-refractivity contribution in [2.45, 2.75) is 43.7 Å². The Morgan fingerprint density at radius 3 is 2.81 bits per heavy atom. The summed E-state index contributed by atoms with van der Waals surface area (Å²) in [5.74, 6) is 1.49. The Kier molecular flexibility index (Phi) is 7.39. The summed E-state index contributed by atoms with van der Waals surface area (Å²) in [6, 6.07) is 14.6. The van der Waals surface area contributed by atoms with Crippen LogP contribution in [0.1, 0.15) is 30.4 Å². The third-order valence-corrected chi connectivity index (χ3v) is 5.89. The van der Waals surface area contributed by atoms with Gasteiger partial charge in [-0.2, -0.15) is 11.8 Å². The Morgan fingerprint density at radius 1 is 1.22 bits per heavy atom. The predicted octanol–water partition coefficient (Wildman–Crippen LogP) is 3.61. The average molecular weight is 385 g/mol. The third kappa shape index (κ3) is 5.89. The summed E-state index contributed by atoms with van der Waals surface area (Å²) in [6.45, 7) is 1.13. The lowest BCUT2D eigenvalue weighted by Gasteiger charge is -2.18. The minimum Gasteiger partial charge on any atom is -0.473 e. The molecule has 1 aromatic carbocycles. The molecule has 2 atom stereocenters. The van der Waals surface area contributed by atoms with Gasteiger partial charge in [-0.1, -0.05) is 36.4 Å². The summed E-state index contributed by atoms with van der Waals surface area (Å²) in [6.07, 6.45) is 7.62. The molecule has 0 spiro atoms. The van der Waals surface area contributed by atoms with Gasteiger partial charge in [0.15, 0.2) is 5.96 Å². The van der Waals surface area contributed by atoms with Gasteiger partial charge in [-0.15, -0.1) is 0 Å². The number of aromatic nitrogens is 1. The van der Waals surface area contributed by atoms with Crippen LogP contribution < -0.4 is 15.4 Å². The summed E-state index contributed by atoms with van der Waals surface area (Å²) < 4.78 is 5.94. The number of rotatable bonds is 7. The van der Waals surface area contributed by atoms with Crippen molar-refractivity contribution in [1.29, 1.82) is 0 Å². The van der Waals surface area contributed by atoms with E-state index in [1.54, 1.807) is 6.20 Å². The average Bonchev–Trinajstić information content (AvgIpc) is 3.18. The Balaban J connectivity index is 1.54. The molecular weight excluding hydrogens is 356 g/mol. The summed E-state index contributed by atoms with van der Waals surface area (Å²) >= 11 is 1.96. The molecule has 1 fully saturated rings. The number of pyridine rings is 1. The molecule has 0 aliphatic heterocycles. The van der Waals surface area contributed by atoms with Crippen molar-refractivity contribution in [3.63, 3.8) is 0 Å². The molecule has 0 amide bonds. The second-order valence-electron chi connectivity index (χ2n) is 6.68. The summed E-state index contributed by atoms with van der Waals surface area (Å²) in [4.78, 5) is 8.76. The van der Waals surface area contributed by atoms with E-state index in [0.29, 0.717) is 25.1 Å². The number of hydrogen-bond donors (Lipinski definition) is 2. The highest BCUT2D eigenvalue weighted by Gasteiger charge is 2.24. The largest absolute Gasteiger partial charge is 0.473 e. The maximum absolute atomic E-state index is 5.94. The minimum atomic E-state index is 0.497. The number of hydrogen-bond acceptors (Lipinski definition) is 4. The third-order valence-electron chi connectivity index (χ3n) is 4.80. The molecule has 1 heterocycles. The molecule has 2 unspecified atom stereocenters. The van der Waals surface area contributed by atoms with Crippen molar-refractivity contribution >= 4 is 17.7 Å². The van der Waals surface area contributed by atoms with Crippen molar-refractivity contribution in [3.05, 3.63) is 59.8 Å². The molecule has 27 heavy (non-hydrogen) atoms. The molecular formula is C21H28N4OS. The van der Waals surface area contributed by atoms with Gasteiger partial charge >= 0.3 is 0 Å². The van der Waals surface area contributed by atoms with Crippen LogP contribution in [0.4, 0.5) is 0 Å². The van der Waals surface area contributed by atoms with Crippen LogP contribution in [0.5, 0.6) is 5.88 Å². The van der Waals surface area contributed by atoms with Gasteiger partial charge in [-0.3, -0.25) is 4.99 Å². The van der Waals surface area contributed by atoms with E-state index in [2.05, 4.69) is 39.0 Å². The van der Waals surface area contributed by atoms with Crippen molar-refractivity contribution < 1.29 is 4.74 Å². The van der Waals surface area contributed by atoms with Crippen molar-refractivity contribution in [2.75, 3.05) is 13.3 Å². The number of aliphatic imine (C=N–C) groups is 1. The molecule has 144 valence electrons.